The standard InChI is InChI=1S/C29H31ClN4O6/c30-21-9-10-24(39-16-22-20-7-3-12-31-27(20)40-32-22)26-19(21)11-14-34(23(26)15-33-13-4-8-25(33)35)28(36)17-5-1-2-6-18(17)29(37)38/h3,7,9-10,12,17-18,23H,1-2,4-6,8,11,13-16H2,(H,37,38)/t17?,18-,23-/m1/s1. The summed E-state index contributed by atoms with van der Waals surface area (Å²) in [5.74, 6) is -1.81. The molecule has 2 fully saturated rings. The second-order valence-corrected chi connectivity index (χ2v) is 11.2. The van der Waals surface area contributed by atoms with Crippen LogP contribution in [0.15, 0.2) is 35.0 Å². The molecule has 2 aliphatic heterocycles. The summed E-state index contributed by atoms with van der Waals surface area (Å²) in [6.45, 7) is 1.42. The fourth-order valence-electron chi connectivity index (χ4n) is 6.48. The van der Waals surface area contributed by atoms with Gasteiger partial charge in [0.15, 0.2) is 0 Å². The third kappa shape index (κ3) is 4.89. The molecule has 1 saturated carbocycles. The first kappa shape index (κ1) is 26.6. The van der Waals surface area contributed by atoms with Gasteiger partial charge in [0.1, 0.15) is 18.1 Å². The maximum absolute atomic E-state index is 14.1. The van der Waals surface area contributed by atoms with E-state index in [1.54, 1.807) is 34.2 Å². The number of carbonyl (C=O) groups excluding carboxylic acids is 2. The molecular formula is C29H31ClN4O6. The van der Waals surface area contributed by atoms with Crippen molar-refractivity contribution in [3.63, 3.8) is 0 Å². The van der Waals surface area contributed by atoms with Crippen molar-refractivity contribution in [1.82, 2.24) is 19.9 Å². The van der Waals surface area contributed by atoms with E-state index >= 15 is 0 Å². The minimum atomic E-state index is -0.928. The van der Waals surface area contributed by atoms with E-state index in [0.717, 1.165) is 35.8 Å². The number of amides is 2. The van der Waals surface area contributed by atoms with Crippen LogP contribution in [0.1, 0.15) is 61.4 Å². The molecule has 3 atom stereocenters. The first-order valence-electron chi connectivity index (χ1n) is 13.9. The number of aromatic nitrogens is 2. The lowest BCUT2D eigenvalue weighted by molar-refractivity contribution is -0.154. The van der Waals surface area contributed by atoms with Crippen LogP contribution in [-0.2, 0) is 27.4 Å². The number of pyridine rings is 1. The quantitative estimate of drug-likeness (QED) is 0.446. The normalized spacial score (nSPS) is 22.9. The average molecular weight is 567 g/mol. The highest BCUT2D eigenvalue weighted by Gasteiger charge is 2.43. The number of halogens is 1. The first-order chi connectivity index (χ1) is 19.4. The molecule has 0 spiro atoms. The van der Waals surface area contributed by atoms with Gasteiger partial charge in [-0.05, 0) is 55.5 Å². The van der Waals surface area contributed by atoms with E-state index in [4.69, 9.17) is 20.9 Å². The smallest absolute Gasteiger partial charge is 0.307 e. The van der Waals surface area contributed by atoms with Crippen molar-refractivity contribution in [3.8, 4) is 5.75 Å². The molecule has 1 N–H and O–H groups in total. The summed E-state index contributed by atoms with van der Waals surface area (Å²) >= 11 is 6.69. The molecule has 2 aromatic heterocycles. The largest absolute Gasteiger partial charge is 0.487 e. The molecule has 3 aromatic rings. The zero-order valence-corrected chi connectivity index (χ0v) is 22.8. The van der Waals surface area contributed by atoms with Crippen LogP contribution in [0.2, 0.25) is 5.02 Å². The summed E-state index contributed by atoms with van der Waals surface area (Å²) in [7, 11) is 0. The van der Waals surface area contributed by atoms with Crippen LogP contribution in [0.25, 0.3) is 11.1 Å². The molecule has 0 bridgehead atoms. The molecule has 210 valence electrons. The molecule has 1 saturated heterocycles. The Kier molecular flexibility index (Phi) is 7.35. The van der Waals surface area contributed by atoms with E-state index in [-0.39, 0.29) is 18.4 Å². The summed E-state index contributed by atoms with van der Waals surface area (Å²) < 4.78 is 11.7. The lowest BCUT2D eigenvalue weighted by atomic mass is 9.77. The van der Waals surface area contributed by atoms with Gasteiger partial charge in [-0.2, -0.15) is 0 Å². The molecule has 6 rings (SSSR count). The average Bonchev–Trinajstić information content (AvgIpc) is 3.58. The van der Waals surface area contributed by atoms with Gasteiger partial charge < -0.3 is 24.2 Å². The number of fused-ring (bicyclic) bond motifs is 2. The van der Waals surface area contributed by atoms with Crippen LogP contribution < -0.4 is 4.74 Å². The van der Waals surface area contributed by atoms with E-state index in [0.29, 0.717) is 67.5 Å². The van der Waals surface area contributed by atoms with Crippen LogP contribution in [0.5, 0.6) is 5.75 Å². The van der Waals surface area contributed by atoms with E-state index in [1.807, 2.05) is 6.07 Å². The molecule has 3 aliphatic rings. The van der Waals surface area contributed by atoms with Gasteiger partial charge in [0, 0.05) is 42.8 Å². The number of ether oxygens (including phenoxy) is 1. The van der Waals surface area contributed by atoms with Crippen molar-refractivity contribution in [3.05, 3.63) is 52.3 Å². The minimum absolute atomic E-state index is 0.0478. The Bertz CT molecular complexity index is 1460. The van der Waals surface area contributed by atoms with Crippen molar-refractivity contribution in [2.75, 3.05) is 19.6 Å². The van der Waals surface area contributed by atoms with Gasteiger partial charge >= 0.3 is 5.97 Å². The van der Waals surface area contributed by atoms with Crippen molar-refractivity contribution >= 4 is 40.5 Å². The van der Waals surface area contributed by atoms with Crippen LogP contribution >= 0.6 is 11.6 Å². The molecule has 10 nitrogen and oxygen atoms in total. The fraction of sp³-hybridized carbons (Fsp3) is 0.483. The van der Waals surface area contributed by atoms with E-state index in [2.05, 4.69) is 10.1 Å². The van der Waals surface area contributed by atoms with Crippen LogP contribution in [0, 0.1) is 11.8 Å². The number of carboxylic acids is 1. The number of rotatable bonds is 7. The lowest BCUT2D eigenvalue weighted by Crippen LogP contribution is -2.50. The zero-order chi connectivity index (χ0) is 27.8. The highest BCUT2D eigenvalue weighted by molar-refractivity contribution is 6.31. The highest BCUT2D eigenvalue weighted by Crippen LogP contribution is 2.43. The number of hydrogen-bond acceptors (Lipinski definition) is 7. The van der Waals surface area contributed by atoms with E-state index in [1.165, 1.54) is 0 Å². The van der Waals surface area contributed by atoms with E-state index < -0.39 is 23.8 Å². The predicted molar refractivity (Wildman–Crippen MR) is 145 cm³/mol. The lowest BCUT2D eigenvalue weighted by Gasteiger charge is -2.43. The fourth-order valence-corrected chi connectivity index (χ4v) is 6.74. The number of aliphatic carboxylic acids is 1. The molecule has 1 aliphatic carbocycles. The topological polar surface area (TPSA) is 126 Å². The van der Waals surface area contributed by atoms with Gasteiger partial charge in [0.25, 0.3) is 5.71 Å². The number of nitrogens with zero attached hydrogens (tertiary/aromatic N) is 4. The van der Waals surface area contributed by atoms with Gasteiger partial charge in [-0.3, -0.25) is 14.4 Å². The monoisotopic (exact) mass is 566 g/mol. The maximum atomic E-state index is 14.1. The number of carboxylic acid groups (broad SMARTS) is 1. The molecule has 40 heavy (non-hydrogen) atoms. The molecule has 0 radical (unpaired) electrons. The third-order valence-corrected chi connectivity index (χ3v) is 8.86. The van der Waals surface area contributed by atoms with Crippen molar-refractivity contribution in [2.45, 2.75) is 57.6 Å². The predicted octanol–water partition coefficient (Wildman–Crippen LogP) is 4.39. The zero-order valence-electron chi connectivity index (χ0n) is 22.1. The van der Waals surface area contributed by atoms with E-state index in [9.17, 15) is 19.5 Å². The number of benzene rings is 1. The molecule has 2 amide bonds. The van der Waals surface area contributed by atoms with Gasteiger partial charge in [-0.15, -0.1) is 0 Å². The number of carbonyl (C=O) groups is 3. The van der Waals surface area contributed by atoms with Crippen molar-refractivity contribution in [1.29, 1.82) is 0 Å². The summed E-state index contributed by atoms with van der Waals surface area (Å²) in [6.07, 6.45) is 6.03. The van der Waals surface area contributed by atoms with Gasteiger partial charge in [0.05, 0.1) is 23.3 Å². The second kappa shape index (κ2) is 11.1. The molecule has 1 aromatic carbocycles. The SMILES string of the molecule is O=C(O)[C@@H]1CCCCC1C(=O)N1CCc2c(Cl)ccc(OCc3noc4ncccc34)c2[C@H]1CN1CCCC1=O. The summed E-state index contributed by atoms with van der Waals surface area (Å²) in [4.78, 5) is 46.6. The molecule has 4 heterocycles. The molecule has 1 unspecified atom stereocenters. The highest BCUT2D eigenvalue weighted by atomic mass is 35.5. The summed E-state index contributed by atoms with van der Waals surface area (Å²) in [5, 5.41) is 15.3. The van der Waals surface area contributed by atoms with Crippen LogP contribution in [0.4, 0.5) is 0 Å². The summed E-state index contributed by atoms with van der Waals surface area (Å²) in [5.41, 5.74) is 2.65. The van der Waals surface area contributed by atoms with Crippen LogP contribution in [-0.4, -0.2) is 62.5 Å². The molecular weight excluding hydrogens is 536 g/mol. The maximum Gasteiger partial charge on any atom is 0.307 e. The van der Waals surface area contributed by atoms with Gasteiger partial charge in [-0.25, -0.2) is 4.98 Å². The Hall–Kier alpha value is -3.66. The Morgan fingerprint density at radius 3 is 2.70 bits per heavy atom. The second-order valence-electron chi connectivity index (χ2n) is 10.8. The van der Waals surface area contributed by atoms with Crippen molar-refractivity contribution < 1.29 is 28.8 Å². The van der Waals surface area contributed by atoms with Crippen LogP contribution in [0.3, 0.4) is 0 Å². The Balaban J connectivity index is 1.36. The van der Waals surface area contributed by atoms with Crippen molar-refractivity contribution in [2.24, 2.45) is 11.8 Å². The number of hydrogen-bond donors (Lipinski definition) is 1. The molecule has 11 heteroatoms. The Labute approximate surface area is 236 Å². The van der Waals surface area contributed by atoms with Gasteiger partial charge in [-0.1, -0.05) is 29.6 Å². The summed E-state index contributed by atoms with van der Waals surface area (Å²) in [6, 6.07) is 6.72. The third-order valence-electron chi connectivity index (χ3n) is 8.51. The number of likely N-dealkylation sites (tertiary alicyclic amines) is 1. The first-order valence-corrected chi connectivity index (χ1v) is 14.2. The van der Waals surface area contributed by atoms with Gasteiger partial charge in [0.2, 0.25) is 11.8 Å². The minimum Gasteiger partial charge on any atom is -0.487 e. The Morgan fingerprint density at radius 1 is 1.10 bits per heavy atom. The Morgan fingerprint density at radius 2 is 1.93 bits per heavy atom.